The molecule has 1 aromatic carbocycles. The molecule has 1 N–H and O–H groups in total. The molecule has 25 heavy (non-hydrogen) atoms. The Labute approximate surface area is 148 Å². The molecule has 0 bridgehead atoms. The van der Waals surface area contributed by atoms with Crippen molar-refractivity contribution in [3.63, 3.8) is 0 Å². The first-order chi connectivity index (χ1) is 12.1. The molecule has 1 saturated heterocycles. The fourth-order valence-corrected chi connectivity index (χ4v) is 3.38. The van der Waals surface area contributed by atoms with Gasteiger partial charge in [0.1, 0.15) is 5.75 Å². The molecule has 5 nitrogen and oxygen atoms in total. The summed E-state index contributed by atoms with van der Waals surface area (Å²) in [4.78, 5) is 20.6. The van der Waals surface area contributed by atoms with Crippen LogP contribution in [0.25, 0.3) is 0 Å². The molecule has 0 saturated carbocycles. The molecule has 2 aromatic rings. The highest BCUT2D eigenvalue weighted by Crippen LogP contribution is 2.22. The quantitative estimate of drug-likeness (QED) is 0.877. The Hall–Kier alpha value is -2.40. The first-order valence-electron chi connectivity index (χ1n) is 8.73. The van der Waals surface area contributed by atoms with Gasteiger partial charge in [-0.25, -0.2) is 0 Å². The third-order valence-electron chi connectivity index (χ3n) is 4.68. The number of likely N-dealkylation sites (tertiary alicyclic amines) is 1. The van der Waals surface area contributed by atoms with Gasteiger partial charge in [-0.2, -0.15) is 0 Å². The Balaban J connectivity index is 1.46. The van der Waals surface area contributed by atoms with Gasteiger partial charge in [0, 0.05) is 32.0 Å². The van der Waals surface area contributed by atoms with Crippen LogP contribution in [0, 0.1) is 5.92 Å². The van der Waals surface area contributed by atoms with Gasteiger partial charge in [-0.1, -0.05) is 18.2 Å². The molecule has 0 spiro atoms. The molecule has 1 unspecified atom stereocenters. The lowest BCUT2D eigenvalue weighted by molar-refractivity contribution is -0.131. The summed E-state index contributed by atoms with van der Waals surface area (Å²) in [6, 6.07) is 11.3. The second kappa shape index (κ2) is 8.12. The number of aromatic nitrogens is 1. The van der Waals surface area contributed by atoms with E-state index in [1.807, 2.05) is 47.3 Å². The highest BCUT2D eigenvalue weighted by molar-refractivity contribution is 5.78. The number of hydrogen-bond acceptors (Lipinski definition) is 4. The van der Waals surface area contributed by atoms with E-state index in [2.05, 4.69) is 4.98 Å². The van der Waals surface area contributed by atoms with Crippen LogP contribution in [0.4, 0.5) is 0 Å². The topological polar surface area (TPSA) is 56.7 Å². The molecule has 1 aliphatic rings. The van der Waals surface area contributed by atoms with Crippen LogP contribution in [0.3, 0.4) is 0 Å². The Morgan fingerprint density at radius 2 is 2.08 bits per heavy atom. The molecule has 0 radical (unpaired) electrons. The first-order valence-corrected chi connectivity index (χ1v) is 8.73. The summed E-state index contributed by atoms with van der Waals surface area (Å²) in [6.45, 7) is 2.81. The highest BCUT2D eigenvalue weighted by Gasteiger charge is 2.26. The molecule has 3 rings (SSSR count). The molecule has 1 aromatic heterocycles. The SMILES string of the molecule is CN(CC(=O)N1CCC(Cc2ccc(O)cc2)C1)Cc1cccnc1. The summed E-state index contributed by atoms with van der Waals surface area (Å²) >= 11 is 0. The van der Waals surface area contributed by atoms with Crippen LogP contribution < -0.4 is 0 Å². The van der Waals surface area contributed by atoms with Gasteiger partial charge < -0.3 is 10.0 Å². The second-order valence-electron chi connectivity index (χ2n) is 6.90. The van der Waals surface area contributed by atoms with Crippen molar-refractivity contribution in [2.75, 3.05) is 26.7 Å². The van der Waals surface area contributed by atoms with Crippen molar-refractivity contribution >= 4 is 5.91 Å². The van der Waals surface area contributed by atoms with Gasteiger partial charge in [0.25, 0.3) is 0 Å². The summed E-state index contributed by atoms with van der Waals surface area (Å²) in [5.41, 5.74) is 2.33. The summed E-state index contributed by atoms with van der Waals surface area (Å²) in [5, 5.41) is 9.36. The van der Waals surface area contributed by atoms with Gasteiger partial charge in [0.05, 0.1) is 6.54 Å². The number of carbonyl (C=O) groups is 1. The number of benzene rings is 1. The van der Waals surface area contributed by atoms with Crippen LogP contribution >= 0.6 is 0 Å². The van der Waals surface area contributed by atoms with Gasteiger partial charge in [-0.15, -0.1) is 0 Å². The van der Waals surface area contributed by atoms with Gasteiger partial charge in [0.15, 0.2) is 0 Å². The number of phenols is 1. The van der Waals surface area contributed by atoms with Crippen molar-refractivity contribution in [2.45, 2.75) is 19.4 Å². The molecule has 2 heterocycles. The summed E-state index contributed by atoms with van der Waals surface area (Å²) in [6.07, 6.45) is 5.59. The molecule has 1 amide bonds. The Kier molecular flexibility index (Phi) is 5.66. The van der Waals surface area contributed by atoms with Crippen molar-refractivity contribution in [3.05, 3.63) is 59.9 Å². The van der Waals surface area contributed by atoms with Gasteiger partial charge in [-0.05, 0) is 55.1 Å². The van der Waals surface area contributed by atoms with Gasteiger partial charge in [-0.3, -0.25) is 14.7 Å². The van der Waals surface area contributed by atoms with Gasteiger partial charge >= 0.3 is 0 Å². The number of nitrogens with zero attached hydrogens (tertiary/aromatic N) is 3. The summed E-state index contributed by atoms with van der Waals surface area (Å²) in [5.74, 6) is 0.986. The predicted octanol–water partition coefficient (Wildman–Crippen LogP) is 2.31. The van der Waals surface area contributed by atoms with Crippen molar-refractivity contribution in [2.24, 2.45) is 5.92 Å². The van der Waals surface area contributed by atoms with Crippen LogP contribution in [0.2, 0.25) is 0 Å². The molecule has 0 aliphatic carbocycles. The monoisotopic (exact) mass is 339 g/mol. The standard InChI is InChI=1S/C20H25N3O2/c1-22(13-18-3-2-9-21-12-18)15-20(25)23-10-8-17(14-23)11-16-4-6-19(24)7-5-16/h2-7,9,12,17,24H,8,10-11,13-15H2,1H3. The number of carbonyl (C=O) groups excluding carboxylic acids is 1. The normalized spacial score (nSPS) is 17.2. The molecule has 1 fully saturated rings. The second-order valence-corrected chi connectivity index (χ2v) is 6.90. The zero-order valence-electron chi connectivity index (χ0n) is 14.6. The largest absolute Gasteiger partial charge is 0.508 e. The van der Waals surface area contributed by atoms with Crippen LogP contribution in [-0.4, -0.2) is 52.5 Å². The van der Waals surface area contributed by atoms with E-state index in [-0.39, 0.29) is 5.91 Å². The molecule has 132 valence electrons. The average Bonchev–Trinajstić information content (AvgIpc) is 3.06. The number of hydrogen-bond donors (Lipinski definition) is 1. The zero-order chi connectivity index (χ0) is 17.6. The van der Waals surface area contributed by atoms with E-state index in [0.717, 1.165) is 38.0 Å². The number of rotatable bonds is 6. The minimum atomic E-state index is 0.194. The number of phenolic OH excluding ortho intramolecular Hbond substituents is 1. The minimum Gasteiger partial charge on any atom is -0.508 e. The lowest BCUT2D eigenvalue weighted by atomic mass is 9.99. The maximum absolute atomic E-state index is 12.5. The third kappa shape index (κ3) is 5.03. The number of pyridine rings is 1. The smallest absolute Gasteiger partial charge is 0.236 e. The predicted molar refractivity (Wildman–Crippen MR) is 97.1 cm³/mol. The van der Waals surface area contributed by atoms with Crippen molar-refractivity contribution in [1.29, 1.82) is 0 Å². The fourth-order valence-electron chi connectivity index (χ4n) is 3.38. The molecule has 1 aliphatic heterocycles. The van der Waals surface area contributed by atoms with E-state index >= 15 is 0 Å². The lowest BCUT2D eigenvalue weighted by Crippen LogP contribution is -2.37. The summed E-state index contributed by atoms with van der Waals surface area (Å²) < 4.78 is 0. The molecular weight excluding hydrogens is 314 g/mol. The van der Waals surface area contributed by atoms with E-state index in [0.29, 0.717) is 18.2 Å². The maximum Gasteiger partial charge on any atom is 0.236 e. The number of amides is 1. The molecular formula is C20H25N3O2. The average molecular weight is 339 g/mol. The molecule has 5 heteroatoms. The van der Waals surface area contributed by atoms with E-state index in [4.69, 9.17) is 0 Å². The Morgan fingerprint density at radius 1 is 1.28 bits per heavy atom. The van der Waals surface area contributed by atoms with Crippen molar-refractivity contribution in [3.8, 4) is 5.75 Å². The van der Waals surface area contributed by atoms with Crippen molar-refractivity contribution < 1.29 is 9.90 Å². The van der Waals surface area contributed by atoms with E-state index in [1.54, 1.807) is 18.3 Å². The molecule has 1 atom stereocenters. The van der Waals surface area contributed by atoms with Crippen LogP contribution in [0.1, 0.15) is 17.5 Å². The van der Waals surface area contributed by atoms with E-state index in [1.165, 1.54) is 5.56 Å². The minimum absolute atomic E-state index is 0.194. The number of aromatic hydroxyl groups is 1. The Bertz CT molecular complexity index is 688. The highest BCUT2D eigenvalue weighted by atomic mass is 16.3. The van der Waals surface area contributed by atoms with E-state index in [9.17, 15) is 9.90 Å². The number of likely N-dealkylation sites (N-methyl/N-ethyl adjacent to an activating group) is 1. The summed E-state index contributed by atoms with van der Waals surface area (Å²) in [7, 11) is 1.97. The van der Waals surface area contributed by atoms with Crippen LogP contribution in [0.15, 0.2) is 48.8 Å². The lowest BCUT2D eigenvalue weighted by Gasteiger charge is -2.21. The maximum atomic E-state index is 12.5. The third-order valence-corrected chi connectivity index (χ3v) is 4.68. The zero-order valence-corrected chi connectivity index (χ0v) is 14.6. The fraction of sp³-hybridized carbons (Fsp3) is 0.400. The van der Waals surface area contributed by atoms with Crippen molar-refractivity contribution in [1.82, 2.24) is 14.8 Å². The Morgan fingerprint density at radius 3 is 2.80 bits per heavy atom. The van der Waals surface area contributed by atoms with Crippen LogP contribution in [0.5, 0.6) is 5.75 Å². The first kappa shape index (κ1) is 17.4. The van der Waals surface area contributed by atoms with Gasteiger partial charge in [0.2, 0.25) is 5.91 Å². The van der Waals surface area contributed by atoms with Crippen LogP contribution in [-0.2, 0) is 17.8 Å². The van der Waals surface area contributed by atoms with E-state index < -0.39 is 0 Å².